The van der Waals surface area contributed by atoms with Gasteiger partial charge in [0.15, 0.2) is 5.41 Å². The summed E-state index contributed by atoms with van der Waals surface area (Å²) in [7, 11) is 0. The smallest absolute Gasteiger partial charge is 0.293 e. The molecule has 0 amide bonds. The highest BCUT2D eigenvalue weighted by molar-refractivity contribution is 5.98. The standard InChI is InChI=1S/C14H18N4O2/c1-2-3-4-5-10-12(8-15)11(17)18-14(13(10,12)9-16)19-6-7-20-14/h10H,2-7H2,1H3,(H2,17,18)/t10-,12+,13+/m0/s1. The normalized spacial score (nSPS) is 40.0. The number of rotatable bonds is 4. The number of unbranched alkanes of at least 4 members (excludes halogenated alkanes) is 2. The number of hydrogen-bond acceptors (Lipinski definition) is 6. The molecule has 3 rings (SSSR count). The molecule has 6 nitrogen and oxygen atoms in total. The minimum atomic E-state index is -1.35. The second-order valence-electron chi connectivity index (χ2n) is 5.66. The fraction of sp³-hybridized carbons (Fsp3) is 0.786. The quantitative estimate of drug-likeness (QED) is 0.778. The lowest BCUT2D eigenvalue weighted by Crippen LogP contribution is -2.39. The van der Waals surface area contributed by atoms with Crippen molar-refractivity contribution < 1.29 is 9.47 Å². The van der Waals surface area contributed by atoms with E-state index in [-0.39, 0.29) is 11.8 Å². The van der Waals surface area contributed by atoms with Crippen LogP contribution >= 0.6 is 0 Å². The molecule has 1 saturated carbocycles. The van der Waals surface area contributed by atoms with Gasteiger partial charge in [0.2, 0.25) is 0 Å². The van der Waals surface area contributed by atoms with E-state index in [1.54, 1.807) is 0 Å². The third kappa shape index (κ3) is 1.17. The van der Waals surface area contributed by atoms with Crippen molar-refractivity contribution in [2.45, 2.75) is 38.5 Å². The summed E-state index contributed by atoms with van der Waals surface area (Å²) in [5.41, 5.74) is 3.90. The summed E-state index contributed by atoms with van der Waals surface area (Å²) < 4.78 is 11.2. The topological polar surface area (TPSA) is 104 Å². The second-order valence-corrected chi connectivity index (χ2v) is 5.66. The Hall–Kier alpha value is -1.63. The molecule has 20 heavy (non-hydrogen) atoms. The monoisotopic (exact) mass is 274 g/mol. The first-order valence-corrected chi connectivity index (χ1v) is 7.11. The van der Waals surface area contributed by atoms with Crippen LogP contribution < -0.4 is 5.73 Å². The number of amidine groups is 1. The van der Waals surface area contributed by atoms with E-state index in [4.69, 9.17) is 15.2 Å². The highest BCUT2D eigenvalue weighted by atomic mass is 16.8. The maximum absolute atomic E-state index is 9.74. The van der Waals surface area contributed by atoms with E-state index in [1.807, 2.05) is 0 Å². The molecule has 0 aromatic heterocycles. The minimum absolute atomic E-state index is 0.146. The Kier molecular flexibility index (Phi) is 2.79. The first kappa shape index (κ1) is 13.4. The van der Waals surface area contributed by atoms with Crippen molar-refractivity contribution >= 4 is 5.84 Å². The Morgan fingerprint density at radius 1 is 1.30 bits per heavy atom. The number of aliphatic imine (C=N–C) groups is 1. The van der Waals surface area contributed by atoms with Crippen molar-refractivity contribution in [1.82, 2.24) is 0 Å². The van der Waals surface area contributed by atoms with Crippen molar-refractivity contribution in [3.05, 3.63) is 0 Å². The molecule has 0 aromatic carbocycles. The Labute approximate surface area is 118 Å². The Balaban J connectivity index is 1.98. The van der Waals surface area contributed by atoms with E-state index in [0.29, 0.717) is 13.2 Å². The molecule has 3 atom stereocenters. The van der Waals surface area contributed by atoms with Crippen LogP contribution in [0.2, 0.25) is 0 Å². The van der Waals surface area contributed by atoms with Crippen molar-refractivity contribution in [3.63, 3.8) is 0 Å². The summed E-state index contributed by atoms with van der Waals surface area (Å²) in [6, 6.07) is 4.53. The molecule has 0 aromatic rings. The largest absolute Gasteiger partial charge is 0.386 e. The molecule has 0 unspecified atom stereocenters. The lowest BCUT2D eigenvalue weighted by atomic mass is 9.94. The van der Waals surface area contributed by atoms with Crippen molar-refractivity contribution in [3.8, 4) is 12.1 Å². The van der Waals surface area contributed by atoms with Gasteiger partial charge < -0.3 is 15.2 Å². The van der Waals surface area contributed by atoms with Crippen LogP contribution in [0.25, 0.3) is 0 Å². The van der Waals surface area contributed by atoms with E-state index in [1.165, 1.54) is 0 Å². The molecule has 0 radical (unpaired) electrons. The average Bonchev–Trinajstić information content (AvgIpc) is 2.69. The Morgan fingerprint density at radius 3 is 2.55 bits per heavy atom. The molecule has 1 spiro atoms. The third-order valence-corrected chi connectivity index (χ3v) is 4.88. The van der Waals surface area contributed by atoms with E-state index in [0.717, 1.165) is 25.7 Å². The van der Waals surface area contributed by atoms with Crippen molar-refractivity contribution in [2.24, 2.45) is 27.5 Å². The molecular formula is C14H18N4O2. The summed E-state index contributed by atoms with van der Waals surface area (Å²) in [6.07, 6.45) is 3.91. The van der Waals surface area contributed by atoms with Gasteiger partial charge in [0.1, 0.15) is 11.3 Å². The van der Waals surface area contributed by atoms with Gasteiger partial charge >= 0.3 is 0 Å². The third-order valence-electron chi connectivity index (χ3n) is 4.88. The van der Waals surface area contributed by atoms with Crippen LogP contribution in [0.5, 0.6) is 0 Å². The lowest BCUT2D eigenvalue weighted by Gasteiger charge is -2.25. The van der Waals surface area contributed by atoms with Crippen LogP contribution in [0.1, 0.15) is 32.6 Å². The highest BCUT2D eigenvalue weighted by Crippen LogP contribution is 2.79. The second kappa shape index (κ2) is 4.18. The zero-order valence-corrected chi connectivity index (χ0v) is 11.6. The van der Waals surface area contributed by atoms with E-state index in [2.05, 4.69) is 24.1 Å². The van der Waals surface area contributed by atoms with Crippen LogP contribution in [0, 0.1) is 39.4 Å². The summed E-state index contributed by atoms with van der Waals surface area (Å²) >= 11 is 0. The Morgan fingerprint density at radius 2 is 2.00 bits per heavy atom. The molecule has 1 saturated heterocycles. The number of nitrogens with zero attached hydrogens (tertiary/aromatic N) is 3. The van der Waals surface area contributed by atoms with Crippen molar-refractivity contribution in [2.75, 3.05) is 13.2 Å². The lowest BCUT2D eigenvalue weighted by molar-refractivity contribution is -0.186. The first-order chi connectivity index (χ1) is 9.65. The predicted octanol–water partition coefficient (Wildman–Crippen LogP) is 1.29. The summed E-state index contributed by atoms with van der Waals surface area (Å²) in [6.45, 7) is 2.88. The van der Waals surface area contributed by atoms with Gasteiger partial charge in [-0.1, -0.05) is 26.2 Å². The van der Waals surface area contributed by atoms with Gasteiger partial charge in [-0.3, -0.25) is 0 Å². The zero-order chi connectivity index (χ0) is 14.4. The molecule has 2 heterocycles. The maximum Gasteiger partial charge on any atom is 0.293 e. The van der Waals surface area contributed by atoms with Crippen LogP contribution in [-0.4, -0.2) is 25.0 Å². The van der Waals surface area contributed by atoms with E-state index >= 15 is 0 Å². The molecule has 2 N–H and O–H groups in total. The number of nitriles is 2. The van der Waals surface area contributed by atoms with Gasteiger partial charge in [-0.15, -0.1) is 0 Å². The van der Waals surface area contributed by atoms with Crippen molar-refractivity contribution in [1.29, 1.82) is 10.5 Å². The number of fused-ring (bicyclic) bond motifs is 2. The van der Waals surface area contributed by atoms with Crippen LogP contribution in [0.15, 0.2) is 4.99 Å². The summed E-state index contributed by atoms with van der Waals surface area (Å²) in [5.74, 6) is -1.30. The van der Waals surface area contributed by atoms with Gasteiger partial charge in [0.25, 0.3) is 5.91 Å². The van der Waals surface area contributed by atoms with E-state index < -0.39 is 16.7 Å². The fourth-order valence-electron chi connectivity index (χ4n) is 3.92. The minimum Gasteiger partial charge on any atom is -0.386 e. The predicted molar refractivity (Wildman–Crippen MR) is 70.0 cm³/mol. The van der Waals surface area contributed by atoms with Gasteiger partial charge in [0, 0.05) is 5.92 Å². The van der Waals surface area contributed by atoms with E-state index in [9.17, 15) is 10.5 Å². The van der Waals surface area contributed by atoms with Gasteiger partial charge in [-0.2, -0.15) is 10.5 Å². The first-order valence-electron chi connectivity index (χ1n) is 7.11. The number of hydrogen-bond donors (Lipinski definition) is 1. The maximum atomic E-state index is 9.74. The molecule has 2 aliphatic heterocycles. The summed E-state index contributed by atoms with van der Waals surface area (Å²) in [4.78, 5) is 4.22. The van der Waals surface area contributed by atoms with Crippen LogP contribution in [-0.2, 0) is 9.47 Å². The molecule has 2 fully saturated rings. The molecule has 1 aliphatic carbocycles. The Bertz CT molecular complexity index is 540. The fourth-order valence-corrected chi connectivity index (χ4v) is 3.92. The van der Waals surface area contributed by atoms with Gasteiger partial charge in [0.05, 0.1) is 25.4 Å². The SMILES string of the molecule is CCCCC[C@H]1[C@]2(C#N)C(N)=NC3(OCCO3)[C@]12C#N. The highest BCUT2D eigenvalue weighted by Gasteiger charge is 2.93. The number of ether oxygens (including phenoxy) is 2. The molecule has 0 bridgehead atoms. The van der Waals surface area contributed by atoms with Crippen LogP contribution in [0.3, 0.4) is 0 Å². The molecular weight excluding hydrogens is 256 g/mol. The van der Waals surface area contributed by atoms with Gasteiger partial charge in [-0.25, -0.2) is 4.99 Å². The molecule has 6 heteroatoms. The zero-order valence-electron chi connectivity index (χ0n) is 11.6. The summed E-state index contributed by atoms with van der Waals surface area (Å²) in [5, 5.41) is 19.4. The van der Waals surface area contributed by atoms with Crippen LogP contribution in [0.4, 0.5) is 0 Å². The molecule has 3 aliphatic rings. The average molecular weight is 274 g/mol. The van der Waals surface area contributed by atoms with Gasteiger partial charge in [-0.05, 0) is 6.42 Å². The number of nitrogens with two attached hydrogens (primary N) is 1. The molecule has 106 valence electrons.